The maximum Gasteiger partial charge on any atom is 0.300 e. The number of hydrogen-bond acceptors (Lipinski definition) is 2. The van der Waals surface area contributed by atoms with Gasteiger partial charge in [-0.1, -0.05) is 5.92 Å². The number of imidazole rings is 1. The van der Waals surface area contributed by atoms with Gasteiger partial charge in [-0.3, -0.25) is 4.79 Å². The van der Waals surface area contributed by atoms with Crippen molar-refractivity contribution in [2.75, 3.05) is 5.32 Å². The maximum absolute atomic E-state index is 11.6. The van der Waals surface area contributed by atoms with Gasteiger partial charge in [-0.25, -0.2) is 4.98 Å². The third-order valence-corrected chi connectivity index (χ3v) is 2.90. The Morgan fingerprint density at radius 2 is 2.39 bits per heavy atom. The van der Waals surface area contributed by atoms with Gasteiger partial charge < -0.3 is 9.72 Å². The van der Waals surface area contributed by atoms with Gasteiger partial charge in [0.05, 0.1) is 5.69 Å². The van der Waals surface area contributed by atoms with Crippen LogP contribution >= 0.6 is 0 Å². The zero-order valence-electron chi connectivity index (χ0n) is 10.1. The van der Waals surface area contributed by atoms with Gasteiger partial charge in [-0.15, -0.1) is 0 Å². The van der Waals surface area contributed by atoms with Crippen molar-refractivity contribution in [2.45, 2.75) is 19.8 Å². The number of hydrogen-bond donors (Lipinski definition) is 1. The molecule has 18 heavy (non-hydrogen) atoms. The van der Waals surface area contributed by atoms with Crippen LogP contribution in [0.2, 0.25) is 0 Å². The third kappa shape index (κ3) is 2.21. The molecule has 0 radical (unpaired) electrons. The van der Waals surface area contributed by atoms with Crippen molar-refractivity contribution in [3.8, 4) is 11.8 Å². The molecule has 2 aromatic rings. The molecule has 4 heteroatoms. The number of fused-ring (bicyclic) bond motifs is 1. The van der Waals surface area contributed by atoms with E-state index in [2.05, 4.69) is 22.1 Å². The smallest absolute Gasteiger partial charge is 0.300 e. The molecule has 0 atom stereocenters. The number of amides is 1. The van der Waals surface area contributed by atoms with E-state index in [1.54, 1.807) is 6.20 Å². The number of anilines is 1. The molecule has 1 amide bonds. The summed E-state index contributed by atoms with van der Waals surface area (Å²) >= 11 is 0. The summed E-state index contributed by atoms with van der Waals surface area (Å²) in [6, 6.07) is 1.90. The molecule has 1 aliphatic rings. The predicted molar refractivity (Wildman–Crippen MR) is 69.1 cm³/mol. The number of nitrogens with zero attached hydrogens (tertiary/aromatic N) is 2. The minimum absolute atomic E-state index is 0.249. The molecule has 0 aliphatic heterocycles. The van der Waals surface area contributed by atoms with Crippen LogP contribution in [0.25, 0.3) is 5.65 Å². The van der Waals surface area contributed by atoms with Gasteiger partial charge in [0.1, 0.15) is 5.65 Å². The molecule has 1 aliphatic carbocycles. The van der Waals surface area contributed by atoms with Gasteiger partial charge in [-0.2, -0.15) is 0 Å². The van der Waals surface area contributed by atoms with Crippen molar-refractivity contribution in [3.05, 3.63) is 30.2 Å². The van der Waals surface area contributed by atoms with Gasteiger partial charge in [0, 0.05) is 24.5 Å². The fourth-order valence-corrected chi connectivity index (χ4v) is 1.83. The van der Waals surface area contributed by atoms with Crippen LogP contribution < -0.4 is 5.32 Å². The summed E-state index contributed by atoms with van der Waals surface area (Å²) in [5, 5.41) is 2.79. The fourth-order valence-electron chi connectivity index (χ4n) is 1.83. The summed E-state index contributed by atoms with van der Waals surface area (Å²) in [6.45, 7) is 1.97. The first-order valence-corrected chi connectivity index (χ1v) is 5.98. The number of rotatable bonds is 1. The zero-order chi connectivity index (χ0) is 12.5. The van der Waals surface area contributed by atoms with Crippen LogP contribution in [0, 0.1) is 24.7 Å². The fraction of sp³-hybridized carbons (Fsp3) is 0.286. The Morgan fingerprint density at radius 3 is 3.17 bits per heavy atom. The second-order valence-electron chi connectivity index (χ2n) is 4.57. The zero-order valence-corrected chi connectivity index (χ0v) is 10.1. The summed E-state index contributed by atoms with van der Waals surface area (Å²) in [5.41, 5.74) is 2.66. The molecular weight excluding hydrogens is 226 g/mol. The molecular formula is C14H13N3O. The minimum Gasteiger partial charge on any atom is -0.314 e. The Labute approximate surface area is 105 Å². The second kappa shape index (κ2) is 4.19. The SMILES string of the molecule is Cc1cc(NC(=O)C#CC2CC2)cn2ccnc12. The number of carbonyl (C=O) groups is 1. The molecule has 0 bridgehead atoms. The van der Waals surface area contributed by atoms with E-state index in [1.807, 2.05) is 29.8 Å². The Bertz CT molecular complexity index is 671. The Balaban J connectivity index is 1.81. The number of nitrogens with one attached hydrogen (secondary N) is 1. The molecule has 0 saturated heterocycles. The average molecular weight is 239 g/mol. The first kappa shape index (κ1) is 10.8. The molecule has 0 unspecified atom stereocenters. The van der Waals surface area contributed by atoms with Crippen LogP contribution in [0.4, 0.5) is 5.69 Å². The quantitative estimate of drug-likeness (QED) is 0.774. The van der Waals surface area contributed by atoms with Gasteiger partial charge in [0.25, 0.3) is 5.91 Å². The normalized spacial score (nSPS) is 14.1. The lowest BCUT2D eigenvalue weighted by molar-refractivity contribution is -0.111. The van der Waals surface area contributed by atoms with Gasteiger partial charge in [-0.05, 0) is 37.3 Å². The van der Waals surface area contributed by atoms with Crippen molar-refractivity contribution in [3.63, 3.8) is 0 Å². The lowest BCUT2D eigenvalue weighted by Crippen LogP contribution is -2.09. The minimum atomic E-state index is -0.249. The van der Waals surface area contributed by atoms with Gasteiger partial charge >= 0.3 is 0 Å². The van der Waals surface area contributed by atoms with Crippen molar-refractivity contribution in [2.24, 2.45) is 5.92 Å². The maximum atomic E-state index is 11.6. The van der Waals surface area contributed by atoms with Crippen LogP contribution in [-0.4, -0.2) is 15.3 Å². The molecule has 1 N–H and O–H groups in total. The standard InChI is InChI=1S/C14H13N3O/c1-10-8-12(9-17-7-6-15-14(10)17)16-13(18)5-4-11-2-3-11/h6-9,11H,2-3H2,1H3,(H,16,18). The van der Waals surface area contributed by atoms with E-state index in [0.717, 1.165) is 29.7 Å². The van der Waals surface area contributed by atoms with Crippen LogP contribution in [0.3, 0.4) is 0 Å². The molecule has 3 rings (SSSR count). The Morgan fingerprint density at radius 1 is 1.56 bits per heavy atom. The van der Waals surface area contributed by atoms with Gasteiger partial charge in [0.2, 0.25) is 0 Å². The molecule has 2 aromatic heterocycles. The highest BCUT2D eigenvalue weighted by Gasteiger charge is 2.18. The van der Waals surface area contributed by atoms with E-state index in [1.165, 1.54) is 0 Å². The molecule has 1 saturated carbocycles. The Kier molecular flexibility index (Phi) is 2.52. The van der Waals surface area contributed by atoms with Crippen molar-refractivity contribution < 1.29 is 4.79 Å². The number of aryl methyl sites for hydroxylation is 1. The van der Waals surface area contributed by atoms with E-state index in [9.17, 15) is 4.79 Å². The number of pyridine rings is 1. The summed E-state index contributed by atoms with van der Waals surface area (Å²) in [7, 11) is 0. The Hall–Kier alpha value is -2.28. The lowest BCUT2D eigenvalue weighted by atomic mass is 10.2. The van der Waals surface area contributed by atoms with Crippen LogP contribution in [-0.2, 0) is 4.79 Å². The molecule has 90 valence electrons. The molecule has 0 spiro atoms. The second-order valence-corrected chi connectivity index (χ2v) is 4.57. The lowest BCUT2D eigenvalue weighted by Gasteiger charge is -2.04. The van der Waals surface area contributed by atoms with E-state index in [-0.39, 0.29) is 5.91 Å². The van der Waals surface area contributed by atoms with Crippen molar-refractivity contribution in [1.82, 2.24) is 9.38 Å². The summed E-state index contributed by atoms with van der Waals surface area (Å²) in [5.74, 6) is 5.76. The summed E-state index contributed by atoms with van der Waals surface area (Å²) < 4.78 is 1.89. The third-order valence-electron chi connectivity index (χ3n) is 2.90. The molecule has 2 heterocycles. The highest BCUT2D eigenvalue weighted by atomic mass is 16.1. The van der Waals surface area contributed by atoms with Crippen LogP contribution in [0.1, 0.15) is 18.4 Å². The van der Waals surface area contributed by atoms with Gasteiger partial charge in [0.15, 0.2) is 0 Å². The highest BCUT2D eigenvalue weighted by molar-refractivity contribution is 6.04. The topological polar surface area (TPSA) is 46.4 Å². The largest absolute Gasteiger partial charge is 0.314 e. The van der Waals surface area contributed by atoms with Crippen LogP contribution in [0.5, 0.6) is 0 Å². The monoisotopic (exact) mass is 239 g/mol. The van der Waals surface area contributed by atoms with Crippen LogP contribution in [0.15, 0.2) is 24.7 Å². The van der Waals surface area contributed by atoms with E-state index in [0.29, 0.717) is 5.92 Å². The van der Waals surface area contributed by atoms with Crippen molar-refractivity contribution >= 4 is 17.2 Å². The average Bonchev–Trinajstić information content (AvgIpc) is 3.04. The number of carbonyl (C=O) groups excluding carboxylic acids is 1. The first-order valence-electron chi connectivity index (χ1n) is 5.98. The summed E-state index contributed by atoms with van der Waals surface area (Å²) in [4.78, 5) is 15.8. The highest BCUT2D eigenvalue weighted by Crippen LogP contribution is 2.27. The first-order chi connectivity index (χ1) is 8.72. The van der Waals surface area contributed by atoms with E-state index < -0.39 is 0 Å². The molecule has 1 fully saturated rings. The number of aromatic nitrogens is 2. The molecule has 4 nitrogen and oxygen atoms in total. The summed E-state index contributed by atoms with van der Waals surface area (Å²) in [6.07, 6.45) is 7.68. The van der Waals surface area contributed by atoms with E-state index in [4.69, 9.17) is 0 Å². The molecule has 0 aromatic carbocycles. The van der Waals surface area contributed by atoms with Crippen molar-refractivity contribution in [1.29, 1.82) is 0 Å². The predicted octanol–water partition coefficient (Wildman–Crippen LogP) is 1.99. The van der Waals surface area contributed by atoms with E-state index >= 15 is 0 Å².